The molecule has 0 aromatic carbocycles. The van der Waals surface area contributed by atoms with Crippen molar-refractivity contribution in [3.63, 3.8) is 0 Å². The number of nitrogens with one attached hydrogen (secondary N) is 2. The molecule has 0 aliphatic heterocycles. The van der Waals surface area contributed by atoms with Crippen molar-refractivity contribution in [2.75, 3.05) is 6.54 Å². The van der Waals surface area contributed by atoms with E-state index in [0.717, 1.165) is 25.7 Å². The zero-order valence-electron chi connectivity index (χ0n) is 12.8. The lowest BCUT2D eigenvalue weighted by molar-refractivity contribution is -0.148. The van der Waals surface area contributed by atoms with Gasteiger partial charge in [0.25, 0.3) is 0 Å². The summed E-state index contributed by atoms with van der Waals surface area (Å²) in [6.45, 7) is 0.251. The van der Waals surface area contributed by atoms with Crippen LogP contribution in [0.3, 0.4) is 0 Å². The Kier molecular flexibility index (Phi) is 5.88. The number of rotatable bonds is 4. The predicted molar refractivity (Wildman–Crippen MR) is 81.2 cm³/mol. The van der Waals surface area contributed by atoms with Gasteiger partial charge in [-0.15, -0.1) is 0 Å². The van der Waals surface area contributed by atoms with Crippen LogP contribution in [0.1, 0.15) is 70.6 Å². The van der Waals surface area contributed by atoms with Crippen LogP contribution in [-0.2, 0) is 4.79 Å². The van der Waals surface area contributed by atoms with Gasteiger partial charge in [0.15, 0.2) is 0 Å². The summed E-state index contributed by atoms with van der Waals surface area (Å²) in [6, 6.07) is 0.0442. The quantitative estimate of drug-likeness (QED) is 0.746. The van der Waals surface area contributed by atoms with Crippen molar-refractivity contribution in [2.24, 2.45) is 5.41 Å². The molecule has 3 N–H and O–H groups in total. The molecule has 0 radical (unpaired) electrons. The van der Waals surface area contributed by atoms with Gasteiger partial charge in [0.1, 0.15) is 0 Å². The number of carbonyl (C=O) groups excluding carboxylic acids is 1. The Morgan fingerprint density at radius 2 is 1.52 bits per heavy atom. The summed E-state index contributed by atoms with van der Waals surface area (Å²) < 4.78 is 0. The van der Waals surface area contributed by atoms with Crippen molar-refractivity contribution in [3.8, 4) is 0 Å². The van der Waals surface area contributed by atoms with Crippen LogP contribution >= 0.6 is 0 Å². The number of urea groups is 1. The summed E-state index contributed by atoms with van der Waals surface area (Å²) in [6.07, 6.45) is 11.5. The van der Waals surface area contributed by atoms with Gasteiger partial charge >= 0.3 is 12.0 Å². The van der Waals surface area contributed by atoms with Gasteiger partial charge < -0.3 is 15.7 Å². The van der Waals surface area contributed by atoms with Crippen LogP contribution in [0.4, 0.5) is 4.79 Å². The minimum Gasteiger partial charge on any atom is -0.481 e. The lowest BCUT2D eigenvalue weighted by Crippen LogP contribution is -2.47. The molecular weight excluding hydrogens is 268 g/mol. The van der Waals surface area contributed by atoms with Gasteiger partial charge in [-0.05, 0) is 25.7 Å². The van der Waals surface area contributed by atoms with Gasteiger partial charge in [-0.2, -0.15) is 0 Å². The predicted octanol–water partition coefficient (Wildman–Crippen LogP) is 3.04. The molecule has 120 valence electrons. The molecule has 0 unspecified atom stereocenters. The van der Waals surface area contributed by atoms with Crippen LogP contribution in [0.2, 0.25) is 0 Å². The Balaban J connectivity index is 1.76. The molecular formula is C16H28N2O3. The zero-order valence-corrected chi connectivity index (χ0v) is 12.8. The van der Waals surface area contributed by atoms with Crippen LogP contribution in [0.5, 0.6) is 0 Å². The third-order valence-electron chi connectivity index (χ3n) is 5.04. The summed E-state index contributed by atoms with van der Waals surface area (Å²) >= 11 is 0. The molecule has 5 heteroatoms. The maximum Gasteiger partial charge on any atom is 0.315 e. The van der Waals surface area contributed by atoms with Crippen LogP contribution in [0.15, 0.2) is 0 Å². The van der Waals surface area contributed by atoms with Gasteiger partial charge in [-0.25, -0.2) is 4.79 Å². The third-order valence-corrected chi connectivity index (χ3v) is 5.04. The van der Waals surface area contributed by atoms with Gasteiger partial charge in [-0.3, -0.25) is 4.79 Å². The van der Waals surface area contributed by atoms with Crippen LogP contribution in [0.25, 0.3) is 0 Å². The van der Waals surface area contributed by atoms with E-state index >= 15 is 0 Å². The number of carboxylic acid groups (broad SMARTS) is 1. The van der Waals surface area contributed by atoms with Crippen LogP contribution in [-0.4, -0.2) is 29.7 Å². The fourth-order valence-electron chi connectivity index (χ4n) is 3.60. The second-order valence-corrected chi connectivity index (χ2v) is 6.66. The Hall–Kier alpha value is -1.26. The highest BCUT2D eigenvalue weighted by molar-refractivity contribution is 5.78. The van der Waals surface area contributed by atoms with Crippen molar-refractivity contribution < 1.29 is 14.7 Å². The molecule has 2 aliphatic rings. The highest BCUT2D eigenvalue weighted by Crippen LogP contribution is 2.37. The summed E-state index contributed by atoms with van der Waals surface area (Å²) in [5.41, 5.74) is -0.738. The average molecular weight is 296 g/mol. The summed E-state index contributed by atoms with van der Waals surface area (Å²) in [7, 11) is 0. The van der Waals surface area contributed by atoms with E-state index < -0.39 is 11.4 Å². The minimum atomic E-state index is -0.772. The van der Waals surface area contributed by atoms with E-state index in [2.05, 4.69) is 10.6 Å². The lowest BCUT2D eigenvalue weighted by Gasteiger charge is -2.26. The molecule has 2 aliphatic carbocycles. The van der Waals surface area contributed by atoms with Crippen molar-refractivity contribution >= 4 is 12.0 Å². The average Bonchev–Trinajstić information content (AvgIpc) is 2.89. The number of hydrogen-bond donors (Lipinski definition) is 3. The molecule has 0 spiro atoms. The number of carboxylic acids is 1. The minimum absolute atomic E-state index is 0.201. The second-order valence-electron chi connectivity index (χ2n) is 6.66. The SMILES string of the molecule is O=C(NCC1(C(=O)O)CCCC1)NC1CCCCCCC1. The van der Waals surface area contributed by atoms with Crippen LogP contribution in [0, 0.1) is 5.41 Å². The topological polar surface area (TPSA) is 78.4 Å². The third kappa shape index (κ3) is 4.61. The number of carbonyl (C=O) groups is 2. The molecule has 0 saturated heterocycles. The first-order valence-corrected chi connectivity index (χ1v) is 8.40. The molecule has 0 aromatic rings. The summed E-state index contributed by atoms with van der Waals surface area (Å²) in [4.78, 5) is 23.5. The highest BCUT2D eigenvalue weighted by Gasteiger charge is 2.41. The first-order valence-electron chi connectivity index (χ1n) is 8.40. The molecule has 0 aromatic heterocycles. The lowest BCUT2D eigenvalue weighted by atomic mass is 9.86. The molecule has 0 heterocycles. The Morgan fingerprint density at radius 1 is 0.952 bits per heavy atom. The maximum atomic E-state index is 12.0. The highest BCUT2D eigenvalue weighted by atomic mass is 16.4. The number of aliphatic carboxylic acids is 1. The van der Waals surface area contributed by atoms with E-state index in [0.29, 0.717) is 12.8 Å². The van der Waals surface area contributed by atoms with E-state index in [1.807, 2.05) is 0 Å². The Labute approximate surface area is 126 Å². The maximum absolute atomic E-state index is 12.0. The molecule has 2 rings (SSSR count). The van der Waals surface area contributed by atoms with Gasteiger partial charge in [0, 0.05) is 12.6 Å². The van der Waals surface area contributed by atoms with E-state index in [9.17, 15) is 14.7 Å². The molecule has 0 atom stereocenters. The molecule has 2 saturated carbocycles. The van der Waals surface area contributed by atoms with E-state index in [-0.39, 0.29) is 18.6 Å². The first-order chi connectivity index (χ1) is 10.1. The van der Waals surface area contributed by atoms with E-state index in [1.54, 1.807) is 0 Å². The monoisotopic (exact) mass is 296 g/mol. The van der Waals surface area contributed by atoms with E-state index in [1.165, 1.54) is 32.1 Å². The summed E-state index contributed by atoms with van der Waals surface area (Å²) in [5.74, 6) is -0.772. The standard InChI is InChI=1S/C16H28N2O3/c19-14(20)16(10-6-7-11-16)12-17-15(21)18-13-8-4-2-1-3-5-9-13/h13H,1-12H2,(H,19,20)(H2,17,18,21). The van der Waals surface area contributed by atoms with Crippen molar-refractivity contribution in [1.82, 2.24) is 10.6 Å². The van der Waals surface area contributed by atoms with Gasteiger partial charge in [-0.1, -0.05) is 44.9 Å². The molecule has 21 heavy (non-hydrogen) atoms. The van der Waals surface area contributed by atoms with Gasteiger partial charge in [0.2, 0.25) is 0 Å². The largest absolute Gasteiger partial charge is 0.481 e. The van der Waals surface area contributed by atoms with Gasteiger partial charge in [0.05, 0.1) is 5.41 Å². The molecule has 0 bridgehead atoms. The second kappa shape index (κ2) is 7.66. The number of amides is 2. The normalized spacial score (nSPS) is 23.0. The molecule has 5 nitrogen and oxygen atoms in total. The fourth-order valence-corrected chi connectivity index (χ4v) is 3.60. The van der Waals surface area contributed by atoms with E-state index in [4.69, 9.17) is 0 Å². The van der Waals surface area contributed by atoms with Crippen molar-refractivity contribution in [2.45, 2.75) is 76.7 Å². The summed E-state index contributed by atoms with van der Waals surface area (Å²) in [5, 5.41) is 15.2. The zero-order chi connectivity index (χ0) is 15.1. The Bertz CT molecular complexity index is 357. The van der Waals surface area contributed by atoms with Crippen LogP contribution < -0.4 is 10.6 Å². The van der Waals surface area contributed by atoms with Crippen molar-refractivity contribution in [3.05, 3.63) is 0 Å². The first kappa shape index (κ1) is 16.1. The van der Waals surface area contributed by atoms with Crippen molar-refractivity contribution in [1.29, 1.82) is 0 Å². The fraction of sp³-hybridized carbons (Fsp3) is 0.875. The molecule has 2 fully saturated rings. The Morgan fingerprint density at radius 3 is 2.10 bits per heavy atom. The number of hydrogen-bond acceptors (Lipinski definition) is 2. The molecule has 2 amide bonds. The smallest absolute Gasteiger partial charge is 0.315 e.